The molecule has 3 aromatic carbocycles. The van der Waals surface area contributed by atoms with Crippen molar-refractivity contribution in [2.45, 2.75) is 96.4 Å². The Morgan fingerprint density at radius 2 is 1.37 bits per heavy atom. The van der Waals surface area contributed by atoms with Crippen LogP contribution < -0.4 is 5.32 Å². The molecule has 6 nitrogen and oxygen atoms in total. The molecule has 0 aromatic heterocycles. The van der Waals surface area contributed by atoms with E-state index in [-0.39, 0.29) is 17.4 Å². The normalized spacial score (nSPS) is 15.7. The molecule has 0 spiro atoms. The summed E-state index contributed by atoms with van der Waals surface area (Å²) in [5, 5.41) is 23.0. The molecule has 6 heteroatoms. The van der Waals surface area contributed by atoms with Crippen LogP contribution in [0.4, 0.5) is 0 Å². The summed E-state index contributed by atoms with van der Waals surface area (Å²) >= 11 is 0. The maximum absolute atomic E-state index is 13.7. The highest BCUT2D eigenvalue weighted by Gasteiger charge is 2.39. The minimum absolute atomic E-state index is 0.0183. The fraction of sp³-hybridized carbons (Fsp3) is 0.400. The van der Waals surface area contributed by atoms with Gasteiger partial charge in [-0.15, -0.1) is 0 Å². The van der Waals surface area contributed by atoms with Gasteiger partial charge in [0.1, 0.15) is 23.4 Å². The van der Waals surface area contributed by atoms with Crippen LogP contribution in [0.3, 0.4) is 0 Å². The van der Waals surface area contributed by atoms with E-state index in [0.29, 0.717) is 19.4 Å². The molecule has 0 saturated carbocycles. The molecular formula is C40H47N3O3. The van der Waals surface area contributed by atoms with Crippen molar-refractivity contribution in [1.29, 1.82) is 0 Å². The molecule has 1 unspecified atom stereocenters. The van der Waals surface area contributed by atoms with Crippen molar-refractivity contribution >= 4 is 11.6 Å². The molecule has 2 aliphatic rings. The van der Waals surface area contributed by atoms with Gasteiger partial charge in [0.2, 0.25) is 0 Å². The summed E-state index contributed by atoms with van der Waals surface area (Å²) in [5.41, 5.74) is 5.47. The molecule has 3 N–H and O–H groups in total. The lowest BCUT2D eigenvalue weighted by Gasteiger charge is -2.25. The number of amides is 1. The third kappa shape index (κ3) is 9.26. The maximum atomic E-state index is 13.7. The van der Waals surface area contributed by atoms with Crippen molar-refractivity contribution in [2.75, 3.05) is 6.54 Å². The van der Waals surface area contributed by atoms with Gasteiger partial charge in [-0.3, -0.25) is 14.7 Å². The summed E-state index contributed by atoms with van der Waals surface area (Å²) in [7, 11) is 0. The molecule has 1 fully saturated rings. The quantitative estimate of drug-likeness (QED) is 0.119. The van der Waals surface area contributed by atoms with E-state index in [2.05, 4.69) is 48.3 Å². The molecule has 2 heterocycles. The smallest absolute Gasteiger partial charge is 0.251 e. The third-order valence-electron chi connectivity index (χ3n) is 8.79. The zero-order valence-electron chi connectivity index (χ0n) is 27.1. The van der Waals surface area contributed by atoms with E-state index < -0.39 is 6.04 Å². The molecule has 3 aromatic rings. The number of nitrogens with zero attached hydrogens (tertiary/aromatic N) is 2. The van der Waals surface area contributed by atoms with E-state index in [1.807, 2.05) is 24.3 Å². The van der Waals surface area contributed by atoms with Crippen LogP contribution in [0.2, 0.25) is 0 Å². The van der Waals surface area contributed by atoms with Crippen LogP contribution in [-0.4, -0.2) is 39.3 Å². The first-order valence-corrected chi connectivity index (χ1v) is 17.0. The SMILES string of the molecule is CCCCCCCCCCCCC#Cc1ccc(CC2NC3=C(Cc4ccc(O)cc4)N=C(c4ccc(O)cc4)CN3C2=O)cc1. The molecule has 46 heavy (non-hydrogen) atoms. The lowest BCUT2D eigenvalue weighted by Crippen LogP contribution is -2.36. The minimum atomic E-state index is -0.396. The molecule has 0 radical (unpaired) electrons. The van der Waals surface area contributed by atoms with E-state index in [0.717, 1.165) is 52.3 Å². The van der Waals surface area contributed by atoms with Gasteiger partial charge in [-0.2, -0.15) is 0 Å². The topological polar surface area (TPSA) is 85.2 Å². The highest BCUT2D eigenvalue weighted by Crippen LogP contribution is 2.29. The Morgan fingerprint density at radius 1 is 0.783 bits per heavy atom. The van der Waals surface area contributed by atoms with Crippen LogP contribution in [0.15, 0.2) is 89.3 Å². The second-order valence-electron chi connectivity index (χ2n) is 12.5. The molecular weight excluding hydrogens is 570 g/mol. The van der Waals surface area contributed by atoms with Gasteiger partial charge in [0.15, 0.2) is 0 Å². The minimum Gasteiger partial charge on any atom is -0.508 e. The number of unbranched alkanes of at least 4 members (excludes halogenated alkanes) is 10. The summed E-state index contributed by atoms with van der Waals surface area (Å²) < 4.78 is 0. The van der Waals surface area contributed by atoms with Gasteiger partial charge >= 0.3 is 0 Å². The van der Waals surface area contributed by atoms with Crippen LogP contribution in [0.25, 0.3) is 0 Å². The molecule has 5 rings (SSSR count). The number of carbonyl (C=O) groups excluding carboxylic acids is 1. The number of allylic oxidation sites excluding steroid dienone is 1. The lowest BCUT2D eigenvalue weighted by molar-refractivity contribution is -0.127. The van der Waals surface area contributed by atoms with Crippen LogP contribution in [0.5, 0.6) is 11.5 Å². The Hall–Kier alpha value is -4.50. The van der Waals surface area contributed by atoms with Gasteiger partial charge < -0.3 is 15.5 Å². The van der Waals surface area contributed by atoms with Gasteiger partial charge in [0.05, 0.1) is 18.0 Å². The fourth-order valence-corrected chi connectivity index (χ4v) is 6.10. The number of phenolic OH excluding ortho intramolecular Hbond substituents is 2. The van der Waals surface area contributed by atoms with Crippen molar-refractivity contribution in [3.8, 4) is 23.3 Å². The van der Waals surface area contributed by atoms with Crippen molar-refractivity contribution in [1.82, 2.24) is 10.2 Å². The Morgan fingerprint density at radius 3 is 2.02 bits per heavy atom. The number of phenols is 2. The number of fused-ring (bicyclic) bond motifs is 1. The number of carbonyl (C=O) groups is 1. The molecule has 1 amide bonds. The summed E-state index contributed by atoms with van der Waals surface area (Å²) in [4.78, 5) is 20.5. The molecule has 1 saturated heterocycles. The van der Waals surface area contributed by atoms with Gasteiger partial charge in [-0.05, 0) is 71.6 Å². The maximum Gasteiger partial charge on any atom is 0.251 e. The van der Waals surface area contributed by atoms with Gasteiger partial charge in [-0.1, -0.05) is 101 Å². The second-order valence-corrected chi connectivity index (χ2v) is 12.5. The average Bonchev–Trinajstić information content (AvgIpc) is 3.38. The summed E-state index contributed by atoms with van der Waals surface area (Å²) in [6.07, 6.45) is 15.3. The van der Waals surface area contributed by atoms with Crippen molar-refractivity contribution in [2.24, 2.45) is 4.99 Å². The number of aromatic hydroxyl groups is 2. The number of nitrogens with one attached hydrogen (secondary N) is 1. The number of benzene rings is 3. The van der Waals surface area contributed by atoms with Crippen LogP contribution in [0.1, 0.15) is 99.8 Å². The van der Waals surface area contributed by atoms with Crippen LogP contribution >= 0.6 is 0 Å². The Kier molecular flexibility index (Phi) is 11.9. The number of hydrogen-bond donors (Lipinski definition) is 3. The first-order chi connectivity index (χ1) is 22.5. The zero-order valence-corrected chi connectivity index (χ0v) is 27.1. The van der Waals surface area contributed by atoms with E-state index in [9.17, 15) is 15.0 Å². The predicted octanol–water partition coefficient (Wildman–Crippen LogP) is 8.02. The standard InChI is InChI=1S/C40H47N3O3/c1-2-3-4-5-6-7-8-9-10-11-12-13-14-30-15-17-31(18-16-30)28-37-40(46)43-29-38(33-21-25-35(45)26-22-33)41-36(39(43)42-37)27-32-19-23-34(44)24-20-32/h15-26,37,42,44-45H,2-12,27-29H2,1H3. The zero-order chi connectivity index (χ0) is 32.1. The summed E-state index contributed by atoms with van der Waals surface area (Å²) in [6, 6.07) is 21.8. The Balaban J connectivity index is 1.16. The first-order valence-electron chi connectivity index (χ1n) is 17.0. The largest absolute Gasteiger partial charge is 0.508 e. The molecule has 0 bridgehead atoms. The summed E-state index contributed by atoms with van der Waals surface area (Å²) in [6.45, 7) is 2.62. The van der Waals surface area contributed by atoms with E-state index in [1.165, 1.54) is 57.8 Å². The van der Waals surface area contributed by atoms with Crippen molar-refractivity contribution in [3.63, 3.8) is 0 Å². The molecule has 2 aliphatic heterocycles. The van der Waals surface area contributed by atoms with E-state index in [4.69, 9.17) is 4.99 Å². The number of hydrogen-bond acceptors (Lipinski definition) is 5. The number of aliphatic imine (C=N–C) groups is 1. The summed E-state index contributed by atoms with van der Waals surface area (Å²) in [5.74, 6) is 7.80. The van der Waals surface area contributed by atoms with E-state index in [1.54, 1.807) is 29.2 Å². The molecule has 0 aliphatic carbocycles. The van der Waals surface area contributed by atoms with Crippen molar-refractivity contribution in [3.05, 3.63) is 107 Å². The molecule has 1 atom stereocenters. The van der Waals surface area contributed by atoms with Gasteiger partial charge in [0.25, 0.3) is 5.91 Å². The Labute approximate surface area is 274 Å². The van der Waals surface area contributed by atoms with Gasteiger partial charge in [-0.25, -0.2) is 0 Å². The highest BCUT2D eigenvalue weighted by atomic mass is 16.3. The van der Waals surface area contributed by atoms with Crippen LogP contribution in [-0.2, 0) is 17.6 Å². The third-order valence-corrected chi connectivity index (χ3v) is 8.79. The number of rotatable bonds is 15. The predicted molar refractivity (Wildman–Crippen MR) is 186 cm³/mol. The van der Waals surface area contributed by atoms with Crippen molar-refractivity contribution < 1.29 is 15.0 Å². The Bertz CT molecular complexity index is 1560. The lowest BCUT2D eigenvalue weighted by atomic mass is 10.0. The van der Waals surface area contributed by atoms with E-state index >= 15 is 0 Å². The van der Waals surface area contributed by atoms with Gasteiger partial charge in [0, 0.05) is 24.8 Å². The highest BCUT2D eigenvalue weighted by molar-refractivity contribution is 6.06. The second kappa shape index (κ2) is 16.7. The monoisotopic (exact) mass is 617 g/mol. The first kappa shape index (κ1) is 32.9. The molecule has 240 valence electrons. The van der Waals surface area contributed by atoms with Crippen LogP contribution in [0, 0.1) is 11.8 Å². The fourth-order valence-electron chi connectivity index (χ4n) is 6.10. The average molecular weight is 618 g/mol.